The number of pyridine rings is 1. The fraction of sp³-hybridized carbons (Fsp3) is 0.333. The molecule has 2 aromatic rings. The summed E-state index contributed by atoms with van der Waals surface area (Å²) >= 11 is 0. The average Bonchev–Trinajstić information content (AvgIpc) is 2.55. The molecule has 2 rings (SSSR count). The normalized spacial score (nSPS) is 10.5. The highest BCUT2D eigenvalue weighted by Gasteiger charge is 2.08. The van der Waals surface area contributed by atoms with Crippen LogP contribution in [0.1, 0.15) is 41.3 Å². The molecule has 0 bridgehead atoms. The SMILES string of the molecule is COc1cc(C(C)C)ccc1CCNC(=O)c1cccnc1. The molecule has 1 heterocycles. The number of hydrogen-bond donors (Lipinski definition) is 1. The molecule has 0 saturated carbocycles. The Hall–Kier alpha value is -2.36. The van der Waals surface area contributed by atoms with E-state index >= 15 is 0 Å². The van der Waals surface area contributed by atoms with Crippen molar-refractivity contribution in [3.05, 3.63) is 59.4 Å². The lowest BCUT2D eigenvalue weighted by molar-refractivity contribution is 0.0953. The van der Waals surface area contributed by atoms with Gasteiger partial charge in [-0.2, -0.15) is 0 Å². The zero-order valence-electron chi connectivity index (χ0n) is 13.3. The predicted molar refractivity (Wildman–Crippen MR) is 87.4 cm³/mol. The van der Waals surface area contributed by atoms with Crippen LogP contribution in [0.15, 0.2) is 42.7 Å². The highest BCUT2D eigenvalue weighted by Crippen LogP contribution is 2.24. The minimum Gasteiger partial charge on any atom is -0.496 e. The Morgan fingerprint density at radius 2 is 2.14 bits per heavy atom. The summed E-state index contributed by atoms with van der Waals surface area (Å²) < 4.78 is 5.46. The predicted octanol–water partition coefficient (Wildman–Crippen LogP) is 3.19. The van der Waals surface area contributed by atoms with Gasteiger partial charge >= 0.3 is 0 Å². The number of hydrogen-bond acceptors (Lipinski definition) is 3. The van der Waals surface area contributed by atoms with E-state index in [1.165, 1.54) is 5.56 Å². The van der Waals surface area contributed by atoms with Gasteiger partial charge < -0.3 is 10.1 Å². The molecule has 1 aromatic heterocycles. The molecule has 1 amide bonds. The third kappa shape index (κ3) is 4.07. The maximum absolute atomic E-state index is 12.0. The molecule has 0 atom stereocenters. The van der Waals surface area contributed by atoms with E-state index in [4.69, 9.17) is 4.74 Å². The summed E-state index contributed by atoms with van der Waals surface area (Å²) in [6.07, 6.45) is 3.94. The van der Waals surface area contributed by atoms with Crippen LogP contribution >= 0.6 is 0 Å². The van der Waals surface area contributed by atoms with Crippen molar-refractivity contribution in [1.29, 1.82) is 0 Å². The number of rotatable bonds is 6. The number of nitrogens with one attached hydrogen (secondary N) is 1. The summed E-state index contributed by atoms with van der Waals surface area (Å²) in [5.74, 6) is 1.24. The summed E-state index contributed by atoms with van der Waals surface area (Å²) in [4.78, 5) is 15.9. The van der Waals surface area contributed by atoms with Crippen molar-refractivity contribution in [2.24, 2.45) is 0 Å². The molecule has 0 aliphatic heterocycles. The Morgan fingerprint density at radius 3 is 2.77 bits per heavy atom. The van der Waals surface area contributed by atoms with E-state index in [1.54, 1.807) is 31.6 Å². The van der Waals surface area contributed by atoms with Gasteiger partial charge in [-0.05, 0) is 41.7 Å². The maximum atomic E-state index is 12.0. The second kappa shape index (κ2) is 7.59. The van der Waals surface area contributed by atoms with E-state index in [0.717, 1.165) is 17.7 Å². The van der Waals surface area contributed by atoms with Crippen LogP contribution < -0.4 is 10.1 Å². The summed E-state index contributed by atoms with van der Waals surface area (Å²) in [6, 6.07) is 9.77. The van der Waals surface area contributed by atoms with E-state index in [1.807, 2.05) is 0 Å². The number of carbonyl (C=O) groups is 1. The molecule has 0 radical (unpaired) electrons. The molecule has 0 spiro atoms. The highest BCUT2D eigenvalue weighted by atomic mass is 16.5. The number of nitrogens with zero attached hydrogens (tertiary/aromatic N) is 1. The van der Waals surface area contributed by atoms with Crippen molar-refractivity contribution in [3.8, 4) is 5.75 Å². The smallest absolute Gasteiger partial charge is 0.252 e. The number of methoxy groups -OCH3 is 1. The van der Waals surface area contributed by atoms with Crippen LogP contribution in [0.3, 0.4) is 0 Å². The van der Waals surface area contributed by atoms with Gasteiger partial charge in [0.1, 0.15) is 5.75 Å². The number of ether oxygens (including phenoxy) is 1. The van der Waals surface area contributed by atoms with Gasteiger partial charge in [0.15, 0.2) is 0 Å². The first-order valence-corrected chi connectivity index (χ1v) is 7.47. The molecule has 0 aliphatic rings. The van der Waals surface area contributed by atoms with Crippen LogP contribution in [0, 0.1) is 0 Å². The molecule has 0 unspecified atom stereocenters. The van der Waals surface area contributed by atoms with Crippen molar-refractivity contribution in [3.63, 3.8) is 0 Å². The van der Waals surface area contributed by atoms with Gasteiger partial charge in [-0.3, -0.25) is 9.78 Å². The fourth-order valence-corrected chi connectivity index (χ4v) is 2.24. The minimum absolute atomic E-state index is 0.106. The Kier molecular flexibility index (Phi) is 5.53. The van der Waals surface area contributed by atoms with Crippen molar-refractivity contribution >= 4 is 5.91 Å². The van der Waals surface area contributed by atoms with E-state index in [-0.39, 0.29) is 5.91 Å². The molecule has 0 fully saturated rings. The summed E-state index contributed by atoms with van der Waals surface area (Å²) in [5, 5.41) is 2.90. The largest absolute Gasteiger partial charge is 0.496 e. The molecule has 116 valence electrons. The van der Waals surface area contributed by atoms with E-state index < -0.39 is 0 Å². The van der Waals surface area contributed by atoms with Gasteiger partial charge in [-0.1, -0.05) is 26.0 Å². The van der Waals surface area contributed by atoms with Gasteiger partial charge in [0, 0.05) is 18.9 Å². The molecule has 1 N–H and O–H groups in total. The zero-order chi connectivity index (χ0) is 15.9. The lowest BCUT2D eigenvalue weighted by Gasteiger charge is -2.13. The molecular formula is C18H22N2O2. The molecule has 0 saturated heterocycles. The van der Waals surface area contributed by atoms with Gasteiger partial charge in [-0.15, -0.1) is 0 Å². The van der Waals surface area contributed by atoms with Crippen molar-refractivity contribution < 1.29 is 9.53 Å². The standard InChI is InChI=1S/C18H22N2O2/c1-13(2)15-7-6-14(17(11-15)22-3)8-10-20-18(21)16-5-4-9-19-12-16/h4-7,9,11-13H,8,10H2,1-3H3,(H,20,21). The van der Waals surface area contributed by atoms with Crippen molar-refractivity contribution in [2.75, 3.05) is 13.7 Å². The first kappa shape index (κ1) is 16.0. The molecular weight excluding hydrogens is 276 g/mol. The van der Waals surface area contributed by atoms with E-state index in [2.05, 4.69) is 42.3 Å². The monoisotopic (exact) mass is 298 g/mol. The third-order valence-corrected chi connectivity index (χ3v) is 3.58. The van der Waals surface area contributed by atoms with Crippen LogP contribution in [-0.2, 0) is 6.42 Å². The molecule has 4 nitrogen and oxygen atoms in total. The zero-order valence-corrected chi connectivity index (χ0v) is 13.3. The lowest BCUT2D eigenvalue weighted by Crippen LogP contribution is -2.25. The van der Waals surface area contributed by atoms with Crippen molar-refractivity contribution in [2.45, 2.75) is 26.2 Å². The summed E-state index contributed by atoms with van der Waals surface area (Å²) in [7, 11) is 1.68. The van der Waals surface area contributed by atoms with Gasteiger partial charge in [0.05, 0.1) is 12.7 Å². The second-order valence-corrected chi connectivity index (χ2v) is 5.47. The van der Waals surface area contributed by atoms with Crippen LogP contribution in [0.5, 0.6) is 5.75 Å². The van der Waals surface area contributed by atoms with Crippen LogP contribution in [0.2, 0.25) is 0 Å². The number of benzene rings is 1. The van der Waals surface area contributed by atoms with Crippen LogP contribution in [0.4, 0.5) is 0 Å². The van der Waals surface area contributed by atoms with E-state index in [9.17, 15) is 4.79 Å². The summed E-state index contributed by atoms with van der Waals surface area (Å²) in [6.45, 7) is 4.87. The third-order valence-electron chi connectivity index (χ3n) is 3.58. The molecule has 4 heteroatoms. The van der Waals surface area contributed by atoms with E-state index in [0.29, 0.717) is 18.0 Å². The average molecular weight is 298 g/mol. The lowest BCUT2D eigenvalue weighted by atomic mass is 10.00. The quantitative estimate of drug-likeness (QED) is 0.891. The minimum atomic E-state index is -0.106. The number of amides is 1. The molecule has 0 aliphatic carbocycles. The van der Waals surface area contributed by atoms with Crippen molar-refractivity contribution in [1.82, 2.24) is 10.3 Å². The Balaban J connectivity index is 1.95. The maximum Gasteiger partial charge on any atom is 0.252 e. The first-order valence-electron chi connectivity index (χ1n) is 7.47. The fourth-order valence-electron chi connectivity index (χ4n) is 2.24. The van der Waals surface area contributed by atoms with Crippen LogP contribution in [0.25, 0.3) is 0 Å². The Bertz CT molecular complexity index is 624. The van der Waals surface area contributed by atoms with Gasteiger partial charge in [0.2, 0.25) is 0 Å². The highest BCUT2D eigenvalue weighted by molar-refractivity contribution is 5.93. The van der Waals surface area contributed by atoms with Crippen LogP contribution in [-0.4, -0.2) is 24.5 Å². The molecule has 1 aromatic carbocycles. The van der Waals surface area contributed by atoms with Gasteiger partial charge in [0.25, 0.3) is 5.91 Å². The Labute approximate surface area is 131 Å². The first-order chi connectivity index (χ1) is 10.6. The second-order valence-electron chi connectivity index (χ2n) is 5.47. The molecule has 22 heavy (non-hydrogen) atoms. The number of aromatic nitrogens is 1. The van der Waals surface area contributed by atoms with Gasteiger partial charge in [-0.25, -0.2) is 0 Å². The summed E-state index contributed by atoms with van der Waals surface area (Å²) in [5.41, 5.74) is 2.92. The topological polar surface area (TPSA) is 51.2 Å². The Morgan fingerprint density at radius 1 is 1.32 bits per heavy atom. The number of carbonyl (C=O) groups excluding carboxylic acids is 1.